The molecule has 1 aromatic heterocycles. The third-order valence-electron chi connectivity index (χ3n) is 3.86. The van der Waals surface area contributed by atoms with Crippen LogP contribution in [0.1, 0.15) is 33.2 Å². The topological polar surface area (TPSA) is 71.1 Å². The molecule has 1 amide bonds. The molecule has 0 saturated heterocycles. The Bertz CT molecular complexity index is 949. The van der Waals surface area contributed by atoms with Crippen LogP contribution in [0.25, 0.3) is 0 Å². The minimum atomic E-state index is -0.263. The van der Waals surface area contributed by atoms with E-state index in [2.05, 4.69) is 15.6 Å². The van der Waals surface area contributed by atoms with Gasteiger partial charge in [-0.1, -0.05) is 12.1 Å². The van der Waals surface area contributed by atoms with Crippen molar-refractivity contribution < 1.29 is 9.59 Å². The normalized spacial score (nSPS) is 10.2. The second-order valence-corrected chi connectivity index (χ2v) is 6.04. The van der Waals surface area contributed by atoms with Crippen molar-refractivity contribution in [3.8, 4) is 0 Å². The molecule has 0 spiro atoms. The van der Waals surface area contributed by atoms with Crippen LogP contribution in [0.15, 0.2) is 67.0 Å². The number of aryl methyl sites for hydroxylation is 1. The standard InChI is InChI=1S/C21H19N3O2/c1-14-4-3-5-19(10-14)23-20-11-17(12-22-13-20)21(26)24-18-8-6-16(7-9-18)15(2)25/h3-13,23H,1-2H3,(H,24,26). The lowest BCUT2D eigenvalue weighted by molar-refractivity contribution is 0.101. The summed E-state index contributed by atoms with van der Waals surface area (Å²) in [5, 5.41) is 6.05. The van der Waals surface area contributed by atoms with Crippen LogP contribution >= 0.6 is 0 Å². The fraction of sp³-hybridized carbons (Fsp3) is 0.0952. The summed E-state index contributed by atoms with van der Waals surface area (Å²) in [5.74, 6) is -0.275. The first-order chi connectivity index (χ1) is 12.5. The molecule has 0 aliphatic heterocycles. The van der Waals surface area contributed by atoms with Crippen LogP contribution in [0.3, 0.4) is 0 Å². The van der Waals surface area contributed by atoms with Crippen molar-refractivity contribution in [1.29, 1.82) is 0 Å². The highest BCUT2D eigenvalue weighted by molar-refractivity contribution is 6.05. The van der Waals surface area contributed by atoms with E-state index in [9.17, 15) is 9.59 Å². The minimum Gasteiger partial charge on any atom is -0.354 e. The molecule has 3 rings (SSSR count). The molecule has 0 bridgehead atoms. The highest BCUT2D eigenvalue weighted by Crippen LogP contribution is 2.18. The molecule has 3 aromatic rings. The number of rotatable bonds is 5. The van der Waals surface area contributed by atoms with E-state index in [1.807, 2.05) is 31.2 Å². The lowest BCUT2D eigenvalue weighted by Crippen LogP contribution is -2.12. The third kappa shape index (κ3) is 4.33. The highest BCUT2D eigenvalue weighted by atomic mass is 16.1. The van der Waals surface area contributed by atoms with Crippen LogP contribution in [0, 0.1) is 6.92 Å². The first kappa shape index (κ1) is 17.4. The zero-order chi connectivity index (χ0) is 18.5. The predicted molar refractivity (Wildman–Crippen MR) is 103 cm³/mol. The first-order valence-corrected chi connectivity index (χ1v) is 8.22. The van der Waals surface area contributed by atoms with Crippen molar-refractivity contribution in [1.82, 2.24) is 4.98 Å². The molecule has 2 N–H and O–H groups in total. The van der Waals surface area contributed by atoms with Gasteiger partial charge in [0, 0.05) is 23.1 Å². The number of ketones is 1. The molecular formula is C21H19N3O2. The van der Waals surface area contributed by atoms with Gasteiger partial charge in [-0.15, -0.1) is 0 Å². The molecule has 0 saturated carbocycles. The Morgan fingerprint density at radius 3 is 2.31 bits per heavy atom. The van der Waals surface area contributed by atoms with Gasteiger partial charge in [-0.2, -0.15) is 0 Å². The fourth-order valence-corrected chi connectivity index (χ4v) is 2.51. The first-order valence-electron chi connectivity index (χ1n) is 8.22. The molecule has 2 aromatic carbocycles. The summed E-state index contributed by atoms with van der Waals surface area (Å²) in [5.41, 5.74) is 4.48. The Kier molecular flexibility index (Phi) is 5.08. The van der Waals surface area contributed by atoms with Crippen molar-refractivity contribution in [3.63, 3.8) is 0 Å². The van der Waals surface area contributed by atoms with Crippen molar-refractivity contribution in [3.05, 3.63) is 83.7 Å². The number of pyridine rings is 1. The molecule has 0 fully saturated rings. The minimum absolute atomic E-state index is 0.0120. The summed E-state index contributed by atoms with van der Waals surface area (Å²) in [6.07, 6.45) is 3.18. The number of benzene rings is 2. The zero-order valence-corrected chi connectivity index (χ0v) is 14.6. The van der Waals surface area contributed by atoms with Crippen LogP contribution < -0.4 is 10.6 Å². The number of carbonyl (C=O) groups is 2. The largest absolute Gasteiger partial charge is 0.354 e. The van der Waals surface area contributed by atoms with E-state index in [1.54, 1.807) is 36.5 Å². The van der Waals surface area contributed by atoms with E-state index in [1.165, 1.54) is 13.1 Å². The molecule has 0 unspecified atom stereocenters. The van der Waals surface area contributed by atoms with Gasteiger partial charge < -0.3 is 10.6 Å². The number of nitrogens with zero attached hydrogens (tertiary/aromatic N) is 1. The number of hydrogen-bond acceptors (Lipinski definition) is 4. The van der Waals surface area contributed by atoms with E-state index in [0.29, 0.717) is 16.8 Å². The number of aromatic nitrogens is 1. The molecular weight excluding hydrogens is 326 g/mol. The quantitative estimate of drug-likeness (QED) is 0.664. The van der Waals surface area contributed by atoms with Gasteiger partial charge in [0.2, 0.25) is 0 Å². The summed E-state index contributed by atoms with van der Waals surface area (Å²) in [6, 6.07) is 16.5. The van der Waals surface area contributed by atoms with E-state index in [0.717, 1.165) is 16.9 Å². The van der Waals surface area contributed by atoms with Gasteiger partial charge in [-0.05, 0) is 61.9 Å². The summed E-state index contributed by atoms with van der Waals surface area (Å²) < 4.78 is 0. The van der Waals surface area contributed by atoms with Crippen molar-refractivity contribution in [2.75, 3.05) is 10.6 Å². The Balaban J connectivity index is 1.72. The number of nitrogens with one attached hydrogen (secondary N) is 2. The predicted octanol–water partition coefficient (Wildman–Crippen LogP) is 4.59. The average molecular weight is 345 g/mol. The molecule has 1 heterocycles. The lowest BCUT2D eigenvalue weighted by Gasteiger charge is -2.09. The van der Waals surface area contributed by atoms with Crippen molar-refractivity contribution >= 4 is 28.8 Å². The maximum absolute atomic E-state index is 12.4. The molecule has 0 atom stereocenters. The van der Waals surface area contributed by atoms with E-state index < -0.39 is 0 Å². The second-order valence-electron chi connectivity index (χ2n) is 6.04. The van der Waals surface area contributed by atoms with Gasteiger partial charge in [0.15, 0.2) is 5.78 Å². The summed E-state index contributed by atoms with van der Waals surface area (Å²) in [7, 11) is 0. The van der Waals surface area contributed by atoms with Gasteiger partial charge >= 0.3 is 0 Å². The summed E-state index contributed by atoms with van der Waals surface area (Å²) in [6.45, 7) is 3.52. The molecule has 0 aliphatic rings. The maximum Gasteiger partial charge on any atom is 0.257 e. The number of Topliss-reactive ketones (excluding diaryl/α,β-unsaturated/α-hetero) is 1. The lowest BCUT2D eigenvalue weighted by atomic mass is 10.1. The number of anilines is 3. The van der Waals surface area contributed by atoms with Crippen molar-refractivity contribution in [2.45, 2.75) is 13.8 Å². The Morgan fingerprint density at radius 1 is 0.846 bits per heavy atom. The van der Waals surface area contributed by atoms with Crippen LogP contribution in [0.4, 0.5) is 17.1 Å². The number of hydrogen-bond donors (Lipinski definition) is 2. The Morgan fingerprint density at radius 2 is 1.62 bits per heavy atom. The molecule has 0 aliphatic carbocycles. The second kappa shape index (κ2) is 7.61. The van der Waals surface area contributed by atoms with Gasteiger partial charge in [-0.25, -0.2) is 0 Å². The van der Waals surface area contributed by atoms with Crippen LogP contribution in [-0.2, 0) is 0 Å². The van der Waals surface area contributed by atoms with Gasteiger partial charge in [0.05, 0.1) is 17.4 Å². The van der Waals surface area contributed by atoms with Gasteiger partial charge in [-0.3, -0.25) is 14.6 Å². The third-order valence-corrected chi connectivity index (χ3v) is 3.86. The van der Waals surface area contributed by atoms with Gasteiger partial charge in [0.1, 0.15) is 0 Å². The van der Waals surface area contributed by atoms with Crippen LogP contribution in [-0.4, -0.2) is 16.7 Å². The van der Waals surface area contributed by atoms with Crippen LogP contribution in [0.2, 0.25) is 0 Å². The molecule has 0 radical (unpaired) electrons. The smallest absolute Gasteiger partial charge is 0.257 e. The number of amides is 1. The van der Waals surface area contributed by atoms with Crippen molar-refractivity contribution in [2.24, 2.45) is 0 Å². The fourth-order valence-electron chi connectivity index (χ4n) is 2.51. The zero-order valence-electron chi connectivity index (χ0n) is 14.6. The highest BCUT2D eigenvalue weighted by Gasteiger charge is 2.08. The van der Waals surface area contributed by atoms with Crippen LogP contribution in [0.5, 0.6) is 0 Å². The van der Waals surface area contributed by atoms with E-state index in [4.69, 9.17) is 0 Å². The number of carbonyl (C=O) groups excluding carboxylic acids is 2. The Labute approximate surface area is 152 Å². The van der Waals surface area contributed by atoms with E-state index >= 15 is 0 Å². The van der Waals surface area contributed by atoms with E-state index in [-0.39, 0.29) is 11.7 Å². The summed E-state index contributed by atoms with van der Waals surface area (Å²) in [4.78, 5) is 27.9. The Hall–Kier alpha value is -3.47. The molecule has 130 valence electrons. The maximum atomic E-state index is 12.4. The molecule has 5 nitrogen and oxygen atoms in total. The summed E-state index contributed by atoms with van der Waals surface area (Å²) >= 11 is 0. The molecule has 5 heteroatoms. The molecule has 26 heavy (non-hydrogen) atoms. The van der Waals surface area contributed by atoms with Gasteiger partial charge in [0.25, 0.3) is 5.91 Å². The monoisotopic (exact) mass is 345 g/mol. The SMILES string of the molecule is CC(=O)c1ccc(NC(=O)c2cncc(Nc3cccc(C)c3)c2)cc1. The average Bonchev–Trinajstić information content (AvgIpc) is 2.62.